The summed E-state index contributed by atoms with van der Waals surface area (Å²) in [5.41, 5.74) is 2.67. The van der Waals surface area contributed by atoms with Gasteiger partial charge in [0.05, 0.1) is 17.6 Å². The molecule has 0 radical (unpaired) electrons. The summed E-state index contributed by atoms with van der Waals surface area (Å²) < 4.78 is 0. The summed E-state index contributed by atoms with van der Waals surface area (Å²) >= 11 is 0. The number of amides is 1. The Morgan fingerprint density at radius 3 is 2.44 bits per heavy atom. The molecule has 2 aliphatic rings. The van der Waals surface area contributed by atoms with Crippen LogP contribution in [0.5, 0.6) is 0 Å². The van der Waals surface area contributed by atoms with Crippen molar-refractivity contribution in [1.29, 1.82) is 0 Å². The predicted octanol–water partition coefficient (Wildman–Crippen LogP) is 2.78. The van der Waals surface area contributed by atoms with Crippen molar-refractivity contribution in [3.8, 4) is 0 Å². The monoisotopic (exact) mass is 336 g/mol. The molecule has 4 heteroatoms. The zero-order chi connectivity index (χ0) is 17.4. The third-order valence-corrected chi connectivity index (χ3v) is 5.71. The standard InChI is InChI=1S/C21H24N2O2/c1-22-14-18(24)19(15-8-3-2-4-9-15)23-17-11-6-5-10-16(17)21(20(23)25)12-7-13-21/h2-6,8-11,18-19,22,24H,7,12-14H2,1H3/t18-,19+/m1/s1. The van der Waals surface area contributed by atoms with Gasteiger partial charge in [-0.15, -0.1) is 0 Å². The fraction of sp³-hybridized carbons (Fsp3) is 0.381. The lowest BCUT2D eigenvalue weighted by atomic mass is 9.65. The quantitative estimate of drug-likeness (QED) is 0.883. The van der Waals surface area contributed by atoms with Crippen molar-refractivity contribution in [3.63, 3.8) is 0 Å². The number of anilines is 1. The molecule has 4 rings (SSSR count). The average molecular weight is 336 g/mol. The molecule has 2 atom stereocenters. The summed E-state index contributed by atoms with van der Waals surface area (Å²) in [6, 6.07) is 17.6. The maximum Gasteiger partial charge on any atom is 0.238 e. The number of carbonyl (C=O) groups is 1. The van der Waals surface area contributed by atoms with Gasteiger partial charge in [-0.1, -0.05) is 55.0 Å². The van der Waals surface area contributed by atoms with Crippen molar-refractivity contribution in [3.05, 3.63) is 65.7 Å². The molecule has 1 aliphatic carbocycles. The van der Waals surface area contributed by atoms with Crippen LogP contribution in [0.2, 0.25) is 0 Å². The summed E-state index contributed by atoms with van der Waals surface area (Å²) in [5.74, 6) is 0.143. The molecule has 1 heterocycles. The Bertz CT molecular complexity index is 770. The number of aliphatic hydroxyl groups is 1. The summed E-state index contributed by atoms with van der Waals surface area (Å²) in [6.45, 7) is 0.429. The molecule has 2 N–H and O–H groups in total. The fourth-order valence-corrected chi connectivity index (χ4v) is 4.35. The molecule has 1 spiro atoms. The van der Waals surface area contributed by atoms with E-state index in [9.17, 15) is 9.90 Å². The molecular weight excluding hydrogens is 312 g/mol. The van der Waals surface area contributed by atoms with Gasteiger partial charge in [0.2, 0.25) is 5.91 Å². The molecule has 1 saturated carbocycles. The third-order valence-electron chi connectivity index (χ3n) is 5.71. The number of hydrogen-bond donors (Lipinski definition) is 2. The van der Waals surface area contributed by atoms with E-state index in [0.29, 0.717) is 6.54 Å². The van der Waals surface area contributed by atoms with Crippen molar-refractivity contribution in [2.75, 3.05) is 18.5 Å². The largest absolute Gasteiger partial charge is 0.389 e. The minimum absolute atomic E-state index is 0.143. The van der Waals surface area contributed by atoms with Crippen LogP contribution in [0, 0.1) is 0 Å². The molecule has 1 fully saturated rings. The van der Waals surface area contributed by atoms with Gasteiger partial charge in [-0.2, -0.15) is 0 Å². The summed E-state index contributed by atoms with van der Waals surface area (Å²) in [5, 5.41) is 13.9. The SMILES string of the molecule is CNC[C@@H](O)[C@H](c1ccccc1)N1C(=O)C2(CCC2)c2ccccc21. The van der Waals surface area contributed by atoms with Gasteiger partial charge in [-0.3, -0.25) is 4.79 Å². The van der Waals surface area contributed by atoms with Crippen LogP contribution in [-0.2, 0) is 10.2 Å². The molecular formula is C21H24N2O2. The Morgan fingerprint density at radius 2 is 1.80 bits per heavy atom. The lowest BCUT2D eigenvalue weighted by Gasteiger charge is -2.39. The van der Waals surface area contributed by atoms with E-state index >= 15 is 0 Å². The summed E-state index contributed by atoms with van der Waals surface area (Å²) in [4.78, 5) is 15.3. The lowest BCUT2D eigenvalue weighted by molar-refractivity contribution is -0.127. The highest BCUT2D eigenvalue weighted by atomic mass is 16.3. The van der Waals surface area contributed by atoms with Gasteiger partial charge in [-0.25, -0.2) is 0 Å². The maximum absolute atomic E-state index is 13.5. The highest BCUT2D eigenvalue weighted by Gasteiger charge is 2.56. The number of para-hydroxylation sites is 1. The van der Waals surface area contributed by atoms with Gasteiger partial charge in [0.15, 0.2) is 0 Å². The Kier molecular flexibility index (Phi) is 4.10. The van der Waals surface area contributed by atoms with Crippen LogP contribution in [0.25, 0.3) is 0 Å². The van der Waals surface area contributed by atoms with E-state index in [1.54, 1.807) is 0 Å². The zero-order valence-corrected chi connectivity index (χ0v) is 14.5. The van der Waals surface area contributed by atoms with Crippen LogP contribution >= 0.6 is 0 Å². The number of hydrogen-bond acceptors (Lipinski definition) is 3. The first-order chi connectivity index (χ1) is 12.2. The Balaban J connectivity index is 1.83. The number of rotatable bonds is 5. The molecule has 0 bridgehead atoms. The first kappa shape index (κ1) is 16.3. The van der Waals surface area contributed by atoms with Crippen LogP contribution in [0.15, 0.2) is 54.6 Å². The predicted molar refractivity (Wildman–Crippen MR) is 98.6 cm³/mol. The van der Waals surface area contributed by atoms with E-state index in [4.69, 9.17) is 0 Å². The van der Waals surface area contributed by atoms with E-state index in [1.165, 1.54) is 0 Å². The molecule has 2 aromatic carbocycles. The number of nitrogens with one attached hydrogen (secondary N) is 1. The van der Waals surface area contributed by atoms with Crippen molar-refractivity contribution in [2.24, 2.45) is 0 Å². The molecule has 0 aromatic heterocycles. The molecule has 2 aromatic rings. The third kappa shape index (κ3) is 2.40. The average Bonchev–Trinajstić information content (AvgIpc) is 2.86. The number of carbonyl (C=O) groups excluding carboxylic acids is 1. The first-order valence-electron chi connectivity index (χ1n) is 9.00. The van der Waals surface area contributed by atoms with Crippen LogP contribution < -0.4 is 10.2 Å². The van der Waals surface area contributed by atoms with E-state index in [-0.39, 0.29) is 17.4 Å². The Hall–Kier alpha value is -2.17. The summed E-state index contributed by atoms with van der Waals surface area (Å²) in [6.07, 6.45) is 2.22. The van der Waals surface area contributed by atoms with Gasteiger partial charge in [0.25, 0.3) is 0 Å². The second-order valence-electron chi connectivity index (χ2n) is 7.11. The molecule has 130 valence electrons. The van der Waals surface area contributed by atoms with Crippen LogP contribution in [-0.4, -0.2) is 30.7 Å². The maximum atomic E-state index is 13.5. The minimum Gasteiger partial charge on any atom is -0.389 e. The van der Waals surface area contributed by atoms with Crippen molar-refractivity contribution in [2.45, 2.75) is 36.8 Å². The zero-order valence-electron chi connectivity index (χ0n) is 14.5. The number of aliphatic hydroxyl groups excluding tert-OH is 1. The molecule has 0 unspecified atom stereocenters. The molecule has 4 nitrogen and oxygen atoms in total. The Morgan fingerprint density at radius 1 is 1.12 bits per heavy atom. The van der Waals surface area contributed by atoms with Gasteiger partial charge >= 0.3 is 0 Å². The number of fused-ring (bicyclic) bond motifs is 2. The summed E-state index contributed by atoms with van der Waals surface area (Å²) in [7, 11) is 1.82. The minimum atomic E-state index is -0.681. The Labute approximate surface area is 148 Å². The number of benzene rings is 2. The van der Waals surface area contributed by atoms with E-state index in [2.05, 4.69) is 11.4 Å². The van der Waals surface area contributed by atoms with E-state index in [0.717, 1.165) is 36.1 Å². The highest BCUT2D eigenvalue weighted by molar-refractivity contribution is 6.09. The van der Waals surface area contributed by atoms with Crippen molar-refractivity contribution >= 4 is 11.6 Å². The van der Waals surface area contributed by atoms with Gasteiger partial charge in [-0.05, 0) is 37.1 Å². The van der Waals surface area contributed by atoms with E-state index < -0.39 is 6.10 Å². The van der Waals surface area contributed by atoms with Crippen molar-refractivity contribution in [1.82, 2.24) is 5.32 Å². The van der Waals surface area contributed by atoms with Crippen LogP contribution in [0.1, 0.15) is 36.4 Å². The van der Waals surface area contributed by atoms with E-state index in [1.807, 2.05) is 60.5 Å². The van der Waals surface area contributed by atoms with Gasteiger partial charge in [0.1, 0.15) is 0 Å². The van der Waals surface area contributed by atoms with Crippen LogP contribution in [0.3, 0.4) is 0 Å². The molecule has 1 amide bonds. The number of likely N-dealkylation sites (N-methyl/N-ethyl adjacent to an activating group) is 1. The second kappa shape index (κ2) is 6.28. The van der Waals surface area contributed by atoms with Crippen molar-refractivity contribution < 1.29 is 9.90 Å². The highest BCUT2D eigenvalue weighted by Crippen LogP contribution is 2.55. The topological polar surface area (TPSA) is 52.6 Å². The second-order valence-corrected chi connectivity index (χ2v) is 7.11. The van der Waals surface area contributed by atoms with Crippen LogP contribution in [0.4, 0.5) is 5.69 Å². The normalized spacial score (nSPS) is 20.2. The smallest absolute Gasteiger partial charge is 0.238 e. The van der Waals surface area contributed by atoms with Gasteiger partial charge in [0, 0.05) is 12.2 Å². The molecule has 25 heavy (non-hydrogen) atoms. The molecule has 1 aliphatic heterocycles. The fourth-order valence-electron chi connectivity index (χ4n) is 4.35. The number of nitrogens with zero attached hydrogens (tertiary/aromatic N) is 1. The first-order valence-corrected chi connectivity index (χ1v) is 9.00. The van der Waals surface area contributed by atoms with Gasteiger partial charge < -0.3 is 15.3 Å². The lowest BCUT2D eigenvalue weighted by Crippen LogP contribution is -2.49. The molecule has 0 saturated heterocycles.